The van der Waals surface area contributed by atoms with Gasteiger partial charge in [-0.2, -0.15) is 0 Å². The van der Waals surface area contributed by atoms with Crippen molar-refractivity contribution in [1.82, 2.24) is 4.90 Å². The van der Waals surface area contributed by atoms with Crippen LogP contribution >= 0.6 is 0 Å². The Bertz CT molecular complexity index is 421. The molecule has 0 aromatic heterocycles. The highest BCUT2D eigenvalue weighted by atomic mass is 16.5. The van der Waals surface area contributed by atoms with Crippen LogP contribution in [0.25, 0.3) is 0 Å². The number of carbonyl (C=O) groups excluding carboxylic acids is 1. The Morgan fingerprint density at radius 3 is 2.84 bits per heavy atom. The molecule has 0 radical (unpaired) electrons. The molecule has 2 fully saturated rings. The van der Waals surface area contributed by atoms with Crippen molar-refractivity contribution < 1.29 is 14.6 Å². The number of hydrogen-bond acceptors (Lipinski definition) is 3. The summed E-state index contributed by atoms with van der Waals surface area (Å²) in [4.78, 5) is 13.8. The van der Waals surface area contributed by atoms with E-state index in [9.17, 15) is 4.79 Å². The molecule has 1 saturated carbocycles. The monoisotopic (exact) mass is 263 g/mol. The first-order chi connectivity index (χ1) is 9.29. The van der Waals surface area contributed by atoms with Crippen LogP contribution in [-0.4, -0.2) is 42.2 Å². The minimum Gasteiger partial charge on any atom is -0.488 e. The molecule has 0 bridgehead atoms. The first-order valence-electron chi connectivity index (χ1n) is 7.21. The molecule has 104 valence electrons. The summed E-state index contributed by atoms with van der Waals surface area (Å²) < 4.78 is 5.70. The molecule has 1 amide bonds. The smallest absolute Gasteiger partial charge is 0.260 e. The van der Waals surface area contributed by atoms with Crippen molar-refractivity contribution in [3.63, 3.8) is 0 Å². The van der Waals surface area contributed by atoms with Crippen LogP contribution in [0.15, 0.2) is 23.5 Å². The van der Waals surface area contributed by atoms with Gasteiger partial charge in [-0.25, -0.2) is 0 Å². The van der Waals surface area contributed by atoms with Crippen LogP contribution < -0.4 is 0 Å². The maximum atomic E-state index is 11.9. The fourth-order valence-corrected chi connectivity index (χ4v) is 3.11. The van der Waals surface area contributed by atoms with E-state index >= 15 is 0 Å². The summed E-state index contributed by atoms with van der Waals surface area (Å²) in [6, 6.07) is 0. The molecular formula is C15H21NO3. The second-order valence-corrected chi connectivity index (χ2v) is 5.61. The number of aliphatic hydroxyl groups excluding tert-OH is 1. The van der Waals surface area contributed by atoms with Gasteiger partial charge in [-0.05, 0) is 37.7 Å². The predicted octanol–water partition coefficient (Wildman–Crippen LogP) is 1.47. The van der Waals surface area contributed by atoms with Crippen molar-refractivity contribution in [2.24, 2.45) is 11.8 Å². The van der Waals surface area contributed by atoms with E-state index < -0.39 is 0 Å². The SMILES string of the molecule is O=C(COC1=CC=C(CCO)C2C[C@@H]12)N1CCCC1. The van der Waals surface area contributed by atoms with Crippen LogP contribution in [0.5, 0.6) is 0 Å². The number of rotatable bonds is 5. The number of hydrogen-bond donors (Lipinski definition) is 1. The number of ether oxygens (including phenoxy) is 1. The summed E-state index contributed by atoms with van der Waals surface area (Å²) in [5.74, 6) is 2.08. The molecule has 1 saturated heterocycles. The topological polar surface area (TPSA) is 49.8 Å². The fraction of sp³-hybridized carbons (Fsp3) is 0.667. The van der Waals surface area contributed by atoms with E-state index in [0.29, 0.717) is 11.8 Å². The van der Waals surface area contributed by atoms with Crippen LogP contribution in [0, 0.1) is 11.8 Å². The number of carbonyl (C=O) groups is 1. The van der Waals surface area contributed by atoms with Gasteiger partial charge in [0.05, 0.1) is 0 Å². The lowest BCUT2D eigenvalue weighted by atomic mass is 10.0. The van der Waals surface area contributed by atoms with Crippen molar-refractivity contribution in [2.45, 2.75) is 25.7 Å². The molecule has 1 N–H and O–H groups in total. The highest BCUT2D eigenvalue weighted by Crippen LogP contribution is 2.52. The molecule has 1 unspecified atom stereocenters. The summed E-state index contributed by atoms with van der Waals surface area (Å²) in [5.41, 5.74) is 1.32. The van der Waals surface area contributed by atoms with Crippen LogP contribution in [0.3, 0.4) is 0 Å². The molecule has 2 aliphatic carbocycles. The van der Waals surface area contributed by atoms with Crippen LogP contribution in [0.1, 0.15) is 25.7 Å². The highest BCUT2D eigenvalue weighted by Gasteiger charge is 2.44. The van der Waals surface area contributed by atoms with E-state index in [2.05, 4.69) is 6.08 Å². The second-order valence-electron chi connectivity index (χ2n) is 5.61. The summed E-state index contributed by atoms with van der Waals surface area (Å²) in [5, 5.41) is 8.98. The number of allylic oxidation sites excluding steroid dienone is 3. The van der Waals surface area contributed by atoms with Gasteiger partial charge >= 0.3 is 0 Å². The van der Waals surface area contributed by atoms with Crippen molar-refractivity contribution in [2.75, 3.05) is 26.3 Å². The van der Waals surface area contributed by atoms with Gasteiger partial charge in [0.2, 0.25) is 0 Å². The third-order valence-electron chi connectivity index (χ3n) is 4.32. The molecule has 4 nitrogen and oxygen atoms in total. The van der Waals surface area contributed by atoms with Crippen molar-refractivity contribution in [1.29, 1.82) is 0 Å². The molecule has 4 heteroatoms. The molecular weight excluding hydrogens is 242 g/mol. The van der Waals surface area contributed by atoms with E-state index in [-0.39, 0.29) is 19.1 Å². The number of likely N-dealkylation sites (tertiary alicyclic amines) is 1. The Morgan fingerprint density at radius 1 is 1.32 bits per heavy atom. The summed E-state index contributed by atoms with van der Waals surface area (Å²) in [6.45, 7) is 2.16. The lowest BCUT2D eigenvalue weighted by molar-refractivity contribution is -0.133. The summed E-state index contributed by atoms with van der Waals surface area (Å²) in [7, 11) is 0. The molecule has 1 heterocycles. The van der Waals surface area contributed by atoms with Gasteiger partial charge in [-0.15, -0.1) is 0 Å². The zero-order chi connectivity index (χ0) is 13.2. The van der Waals surface area contributed by atoms with Gasteiger partial charge in [0.15, 0.2) is 6.61 Å². The fourth-order valence-electron chi connectivity index (χ4n) is 3.11. The quantitative estimate of drug-likeness (QED) is 0.817. The third kappa shape index (κ3) is 2.68. The maximum Gasteiger partial charge on any atom is 0.260 e. The number of aliphatic hydroxyl groups is 1. The Kier molecular flexibility index (Phi) is 3.60. The van der Waals surface area contributed by atoms with Gasteiger partial charge in [0.25, 0.3) is 5.91 Å². The highest BCUT2D eigenvalue weighted by molar-refractivity contribution is 5.77. The van der Waals surface area contributed by atoms with Crippen molar-refractivity contribution >= 4 is 5.91 Å². The zero-order valence-electron chi connectivity index (χ0n) is 11.2. The van der Waals surface area contributed by atoms with Gasteiger partial charge in [-0.3, -0.25) is 4.79 Å². The predicted molar refractivity (Wildman–Crippen MR) is 71.2 cm³/mol. The number of fused-ring (bicyclic) bond motifs is 1. The minimum atomic E-state index is 0.112. The summed E-state index contributed by atoms with van der Waals surface area (Å²) >= 11 is 0. The molecule has 1 aliphatic heterocycles. The minimum absolute atomic E-state index is 0.112. The van der Waals surface area contributed by atoms with Crippen LogP contribution in [0.2, 0.25) is 0 Å². The Morgan fingerprint density at radius 2 is 2.11 bits per heavy atom. The molecule has 2 atom stereocenters. The molecule has 0 spiro atoms. The van der Waals surface area contributed by atoms with E-state index in [4.69, 9.17) is 9.84 Å². The Labute approximate surface area is 113 Å². The van der Waals surface area contributed by atoms with E-state index in [1.54, 1.807) is 0 Å². The third-order valence-corrected chi connectivity index (χ3v) is 4.32. The standard InChI is InChI=1S/C15H21NO3/c17-8-5-11-3-4-14(13-9-12(11)13)19-10-15(18)16-6-1-2-7-16/h3-4,12-13,17H,1-2,5-10H2/t12?,13-/m1/s1. The largest absolute Gasteiger partial charge is 0.488 e. The lowest BCUT2D eigenvalue weighted by Crippen LogP contribution is -2.31. The summed E-state index contributed by atoms with van der Waals surface area (Å²) in [6.07, 6.45) is 8.14. The van der Waals surface area contributed by atoms with Crippen LogP contribution in [-0.2, 0) is 9.53 Å². The Balaban J connectivity index is 1.52. The van der Waals surface area contributed by atoms with E-state index in [1.807, 2.05) is 11.0 Å². The molecule has 0 aromatic carbocycles. The van der Waals surface area contributed by atoms with Crippen molar-refractivity contribution in [3.8, 4) is 0 Å². The second kappa shape index (κ2) is 5.37. The normalized spacial score (nSPS) is 28.6. The van der Waals surface area contributed by atoms with Gasteiger partial charge in [0.1, 0.15) is 5.76 Å². The Hall–Kier alpha value is -1.29. The van der Waals surface area contributed by atoms with Crippen LogP contribution in [0.4, 0.5) is 0 Å². The molecule has 19 heavy (non-hydrogen) atoms. The maximum absolute atomic E-state index is 11.9. The molecule has 0 aromatic rings. The average molecular weight is 263 g/mol. The molecule has 3 rings (SSSR count). The zero-order valence-corrected chi connectivity index (χ0v) is 11.2. The van der Waals surface area contributed by atoms with Gasteiger partial charge in [0, 0.05) is 25.6 Å². The van der Waals surface area contributed by atoms with E-state index in [0.717, 1.165) is 44.5 Å². The first-order valence-corrected chi connectivity index (χ1v) is 7.21. The first kappa shape index (κ1) is 12.7. The lowest BCUT2D eigenvalue weighted by Gasteiger charge is -2.18. The van der Waals surface area contributed by atoms with E-state index in [1.165, 1.54) is 5.57 Å². The number of amides is 1. The van der Waals surface area contributed by atoms with Gasteiger partial charge in [-0.1, -0.05) is 11.6 Å². The van der Waals surface area contributed by atoms with Gasteiger partial charge < -0.3 is 14.7 Å². The van der Waals surface area contributed by atoms with Crippen molar-refractivity contribution in [3.05, 3.63) is 23.5 Å². The average Bonchev–Trinajstić information content (AvgIpc) is 3.04. The molecule has 3 aliphatic rings. The number of nitrogens with zero attached hydrogens (tertiary/aromatic N) is 1.